The van der Waals surface area contributed by atoms with Crippen LogP contribution in [-0.4, -0.2) is 12.7 Å². The molecule has 0 aliphatic carbocycles. The van der Waals surface area contributed by atoms with Crippen molar-refractivity contribution in [1.29, 1.82) is 0 Å². The maximum Gasteiger partial charge on any atom is 0.143 e. The van der Waals surface area contributed by atoms with Crippen LogP contribution in [0.5, 0.6) is 0 Å². The second kappa shape index (κ2) is 10.2. The molecule has 0 unspecified atom stereocenters. The van der Waals surface area contributed by atoms with E-state index in [9.17, 15) is 0 Å². The standard InChI is InChI=1S/C29H28O2/c1-24(30-23-25-14-6-2-7-15-25)22-31-29(26-16-8-3-9-17-26,27-18-10-4-11-19-27)28-20-12-5-13-21-28/h2-21,24H,22-23H2,1H3/t24-/m0/s1. The predicted octanol–water partition coefficient (Wildman–Crippen LogP) is 6.60. The van der Waals surface area contributed by atoms with Crippen molar-refractivity contribution < 1.29 is 9.47 Å². The zero-order chi connectivity index (χ0) is 21.4. The van der Waals surface area contributed by atoms with Crippen LogP contribution in [0.15, 0.2) is 121 Å². The topological polar surface area (TPSA) is 18.5 Å². The monoisotopic (exact) mass is 408 g/mol. The van der Waals surface area contributed by atoms with E-state index in [1.807, 2.05) is 36.4 Å². The van der Waals surface area contributed by atoms with Crippen molar-refractivity contribution in [3.8, 4) is 0 Å². The molecule has 0 N–H and O–H groups in total. The fraction of sp³-hybridized carbons (Fsp3) is 0.172. The first kappa shape index (κ1) is 21.0. The van der Waals surface area contributed by atoms with E-state index in [2.05, 4.69) is 91.9 Å². The average molecular weight is 409 g/mol. The molecule has 0 aliphatic rings. The van der Waals surface area contributed by atoms with Gasteiger partial charge < -0.3 is 9.47 Å². The van der Waals surface area contributed by atoms with E-state index in [4.69, 9.17) is 9.47 Å². The third-order valence-corrected chi connectivity index (χ3v) is 5.45. The van der Waals surface area contributed by atoms with Gasteiger partial charge in [0, 0.05) is 0 Å². The van der Waals surface area contributed by atoms with Crippen molar-refractivity contribution in [2.45, 2.75) is 25.2 Å². The fourth-order valence-electron chi connectivity index (χ4n) is 3.87. The lowest BCUT2D eigenvalue weighted by Crippen LogP contribution is -2.35. The maximum atomic E-state index is 6.81. The van der Waals surface area contributed by atoms with E-state index >= 15 is 0 Å². The molecule has 2 nitrogen and oxygen atoms in total. The normalized spacial score (nSPS) is 12.4. The molecule has 156 valence electrons. The smallest absolute Gasteiger partial charge is 0.143 e. The highest BCUT2D eigenvalue weighted by Gasteiger charge is 2.37. The third kappa shape index (κ3) is 4.93. The second-order valence-corrected chi connectivity index (χ2v) is 7.70. The highest BCUT2D eigenvalue weighted by molar-refractivity contribution is 5.47. The van der Waals surface area contributed by atoms with E-state index < -0.39 is 5.60 Å². The van der Waals surface area contributed by atoms with Crippen molar-refractivity contribution in [1.82, 2.24) is 0 Å². The van der Waals surface area contributed by atoms with Gasteiger partial charge in [-0.3, -0.25) is 0 Å². The lowest BCUT2D eigenvalue weighted by Gasteiger charge is -2.36. The van der Waals surface area contributed by atoms with E-state index in [1.54, 1.807) is 0 Å². The van der Waals surface area contributed by atoms with Gasteiger partial charge in [-0.1, -0.05) is 121 Å². The maximum absolute atomic E-state index is 6.81. The van der Waals surface area contributed by atoms with Crippen LogP contribution in [0.1, 0.15) is 29.2 Å². The molecule has 0 saturated heterocycles. The van der Waals surface area contributed by atoms with Gasteiger partial charge in [0.2, 0.25) is 0 Å². The van der Waals surface area contributed by atoms with Gasteiger partial charge in [0.05, 0.1) is 19.3 Å². The van der Waals surface area contributed by atoms with E-state index in [0.717, 1.165) is 22.3 Å². The Bertz CT molecular complexity index is 934. The van der Waals surface area contributed by atoms with E-state index in [-0.39, 0.29) is 6.10 Å². The molecule has 0 bridgehead atoms. The molecule has 0 saturated carbocycles. The minimum absolute atomic E-state index is 0.0595. The summed E-state index contributed by atoms with van der Waals surface area (Å²) in [5.41, 5.74) is 3.75. The van der Waals surface area contributed by atoms with Gasteiger partial charge in [-0.25, -0.2) is 0 Å². The third-order valence-electron chi connectivity index (χ3n) is 5.45. The van der Waals surface area contributed by atoms with E-state index in [1.165, 1.54) is 0 Å². The number of rotatable bonds is 9. The van der Waals surface area contributed by atoms with Gasteiger partial charge in [-0.2, -0.15) is 0 Å². The Kier molecular flexibility index (Phi) is 6.93. The summed E-state index contributed by atoms with van der Waals surface area (Å²) in [7, 11) is 0. The molecule has 0 aliphatic heterocycles. The molecule has 0 amide bonds. The summed E-state index contributed by atoms with van der Waals surface area (Å²) in [6.45, 7) is 3.10. The molecule has 4 aromatic rings. The van der Waals surface area contributed by atoms with Crippen LogP contribution in [0, 0.1) is 0 Å². The molecule has 0 heterocycles. The molecule has 0 radical (unpaired) electrons. The van der Waals surface area contributed by atoms with Crippen LogP contribution in [0.2, 0.25) is 0 Å². The van der Waals surface area contributed by atoms with Gasteiger partial charge in [-0.15, -0.1) is 0 Å². The van der Waals surface area contributed by atoms with Gasteiger partial charge in [-0.05, 0) is 29.2 Å². The first-order valence-electron chi connectivity index (χ1n) is 10.7. The molecule has 4 aromatic carbocycles. The Morgan fingerprint density at radius 2 is 0.968 bits per heavy atom. The van der Waals surface area contributed by atoms with Crippen LogP contribution >= 0.6 is 0 Å². The highest BCUT2D eigenvalue weighted by Crippen LogP contribution is 2.40. The molecule has 4 rings (SSSR count). The molecular weight excluding hydrogens is 380 g/mol. The van der Waals surface area contributed by atoms with Gasteiger partial charge in [0.1, 0.15) is 5.60 Å². The molecule has 31 heavy (non-hydrogen) atoms. The molecule has 0 spiro atoms. The first-order valence-corrected chi connectivity index (χ1v) is 10.7. The van der Waals surface area contributed by atoms with Crippen molar-refractivity contribution in [3.63, 3.8) is 0 Å². The summed E-state index contributed by atoms with van der Waals surface area (Å²) in [4.78, 5) is 0. The van der Waals surface area contributed by atoms with Gasteiger partial charge in [0.15, 0.2) is 0 Å². The zero-order valence-electron chi connectivity index (χ0n) is 17.9. The van der Waals surface area contributed by atoms with Crippen LogP contribution in [0.4, 0.5) is 0 Å². The van der Waals surface area contributed by atoms with Gasteiger partial charge in [0.25, 0.3) is 0 Å². The Morgan fingerprint density at radius 3 is 1.39 bits per heavy atom. The van der Waals surface area contributed by atoms with E-state index in [0.29, 0.717) is 13.2 Å². The number of hydrogen-bond donors (Lipinski definition) is 0. The van der Waals surface area contributed by atoms with Crippen LogP contribution in [0.3, 0.4) is 0 Å². The lowest BCUT2D eigenvalue weighted by atomic mass is 9.80. The largest absolute Gasteiger partial charge is 0.371 e. The second-order valence-electron chi connectivity index (χ2n) is 7.70. The highest BCUT2D eigenvalue weighted by atomic mass is 16.5. The minimum atomic E-state index is -0.714. The number of ether oxygens (including phenoxy) is 2. The number of hydrogen-bond acceptors (Lipinski definition) is 2. The SMILES string of the molecule is C[C@@H](COC(c1ccccc1)(c1ccccc1)c1ccccc1)OCc1ccccc1. The van der Waals surface area contributed by atoms with Crippen molar-refractivity contribution >= 4 is 0 Å². The Morgan fingerprint density at radius 1 is 0.581 bits per heavy atom. The minimum Gasteiger partial charge on any atom is -0.371 e. The Balaban J connectivity index is 1.65. The first-order chi connectivity index (χ1) is 15.3. The quantitative estimate of drug-likeness (QED) is 0.291. The summed E-state index contributed by atoms with van der Waals surface area (Å²) in [6.07, 6.45) is -0.0595. The summed E-state index contributed by atoms with van der Waals surface area (Å²) in [6, 6.07) is 41.5. The van der Waals surface area contributed by atoms with Crippen molar-refractivity contribution in [3.05, 3.63) is 144 Å². The van der Waals surface area contributed by atoms with Crippen LogP contribution < -0.4 is 0 Å². The lowest BCUT2D eigenvalue weighted by molar-refractivity contribution is -0.0630. The summed E-state index contributed by atoms with van der Waals surface area (Å²) >= 11 is 0. The van der Waals surface area contributed by atoms with Crippen molar-refractivity contribution in [2.75, 3.05) is 6.61 Å². The molecule has 0 fully saturated rings. The fourth-order valence-corrected chi connectivity index (χ4v) is 3.87. The summed E-state index contributed by atoms with van der Waals surface area (Å²) in [5, 5.41) is 0. The molecule has 1 atom stereocenters. The van der Waals surface area contributed by atoms with Gasteiger partial charge >= 0.3 is 0 Å². The Labute approximate surface area is 185 Å². The Hall–Kier alpha value is -3.20. The van der Waals surface area contributed by atoms with Crippen LogP contribution in [-0.2, 0) is 21.7 Å². The number of benzene rings is 4. The average Bonchev–Trinajstić information content (AvgIpc) is 2.86. The summed E-state index contributed by atoms with van der Waals surface area (Å²) in [5.74, 6) is 0. The molecule has 2 heteroatoms. The predicted molar refractivity (Wildman–Crippen MR) is 126 cm³/mol. The summed E-state index contributed by atoms with van der Waals surface area (Å²) < 4.78 is 12.9. The van der Waals surface area contributed by atoms with Crippen LogP contribution in [0.25, 0.3) is 0 Å². The van der Waals surface area contributed by atoms with Crippen molar-refractivity contribution in [2.24, 2.45) is 0 Å². The zero-order valence-corrected chi connectivity index (χ0v) is 17.9. The molecular formula is C29H28O2. The molecule has 0 aromatic heterocycles.